The monoisotopic (exact) mass is 310 g/mol. The van der Waals surface area contributed by atoms with Crippen LogP contribution in [0.1, 0.15) is 44.7 Å². The van der Waals surface area contributed by atoms with Crippen molar-refractivity contribution < 1.29 is 8.42 Å². The Hall–Kier alpha value is -0.910. The summed E-state index contributed by atoms with van der Waals surface area (Å²) in [6.07, 6.45) is 2.21. The van der Waals surface area contributed by atoms with Crippen LogP contribution in [0.5, 0.6) is 0 Å². The molecule has 1 saturated carbocycles. The van der Waals surface area contributed by atoms with Crippen LogP contribution in [0.2, 0.25) is 0 Å². The lowest BCUT2D eigenvalue weighted by atomic mass is 10.0. The van der Waals surface area contributed by atoms with E-state index in [1.54, 1.807) is 6.07 Å². The molecule has 1 aliphatic carbocycles. The van der Waals surface area contributed by atoms with Gasteiger partial charge < -0.3 is 5.32 Å². The van der Waals surface area contributed by atoms with E-state index in [2.05, 4.69) is 10.0 Å². The number of nitrogens with one attached hydrogen (secondary N) is 2. The van der Waals surface area contributed by atoms with Gasteiger partial charge in [-0.2, -0.15) is 0 Å². The number of sulfonamides is 1. The van der Waals surface area contributed by atoms with Crippen LogP contribution in [-0.4, -0.2) is 20.5 Å². The third-order valence-electron chi connectivity index (χ3n) is 4.25. The van der Waals surface area contributed by atoms with Crippen LogP contribution >= 0.6 is 0 Å². The van der Waals surface area contributed by atoms with E-state index in [1.807, 2.05) is 39.8 Å². The molecular weight excluding hydrogens is 284 g/mol. The van der Waals surface area contributed by atoms with Crippen LogP contribution in [0.25, 0.3) is 0 Å². The molecule has 1 aromatic rings. The largest absolute Gasteiger partial charge is 0.313 e. The van der Waals surface area contributed by atoms with Crippen molar-refractivity contribution in [2.24, 2.45) is 5.92 Å². The Labute approximate surface area is 128 Å². The summed E-state index contributed by atoms with van der Waals surface area (Å²) in [7, 11) is -3.48. The van der Waals surface area contributed by atoms with Gasteiger partial charge in [0, 0.05) is 12.1 Å². The van der Waals surface area contributed by atoms with E-state index in [0.717, 1.165) is 30.5 Å². The second-order valence-electron chi connectivity index (χ2n) is 6.42. The van der Waals surface area contributed by atoms with E-state index in [4.69, 9.17) is 0 Å². The smallest absolute Gasteiger partial charge is 0.241 e. The van der Waals surface area contributed by atoms with E-state index in [1.165, 1.54) is 0 Å². The third-order valence-corrected chi connectivity index (χ3v) is 6.06. The van der Waals surface area contributed by atoms with Crippen molar-refractivity contribution in [2.45, 2.75) is 57.5 Å². The Kier molecular flexibility index (Phi) is 4.76. The number of hydrogen-bond donors (Lipinski definition) is 2. The average Bonchev–Trinajstić information content (AvgIpc) is 3.20. The fourth-order valence-corrected chi connectivity index (χ4v) is 4.45. The molecule has 0 aromatic heterocycles. The summed E-state index contributed by atoms with van der Waals surface area (Å²) in [4.78, 5) is 0.395. The predicted molar refractivity (Wildman–Crippen MR) is 85.7 cm³/mol. The Morgan fingerprint density at radius 2 is 1.95 bits per heavy atom. The number of rotatable bonds is 7. The summed E-state index contributed by atoms with van der Waals surface area (Å²) in [6, 6.07) is 5.48. The van der Waals surface area contributed by atoms with E-state index in [9.17, 15) is 8.42 Å². The van der Waals surface area contributed by atoms with Gasteiger partial charge in [-0.25, -0.2) is 13.1 Å². The zero-order valence-corrected chi connectivity index (χ0v) is 14.2. The summed E-state index contributed by atoms with van der Waals surface area (Å²) >= 11 is 0. The lowest BCUT2D eigenvalue weighted by Gasteiger charge is -2.26. The molecule has 0 unspecified atom stereocenters. The molecule has 1 aromatic carbocycles. The van der Waals surface area contributed by atoms with Gasteiger partial charge in [0.25, 0.3) is 0 Å². The van der Waals surface area contributed by atoms with Gasteiger partial charge in [0.05, 0.1) is 4.90 Å². The van der Waals surface area contributed by atoms with Gasteiger partial charge in [0.1, 0.15) is 0 Å². The quantitative estimate of drug-likeness (QED) is 0.814. The Morgan fingerprint density at radius 1 is 1.29 bits per heavy atom. The first-order chi connectivity index (χ1) is 9.78. The maximum absolute atomic E-state index is 12.7. The highest BCUT2D eigenvalue weighted by atomic mass is 32.2. The molecule has 0 radical (unpaired) electrons. The van der Waals surface area contributed by atoms with E-state index in [0.29, 0.717) is 17.4 Å². The summed E-state index contributed by atoms with van der Waals surface area (Å²) in [6.45, 7) is 9.42. The zero-order chi connectivity index (χ0) is 15.7. The molecule has 1 fully saturated rings. The van der Waals surface area contributed by atoms with Gasteiger partial charge >= 0.3 is 0 Å². The molecule has 0 aliphatic heterocycles. The normalized spacial score (nSPS) is 16.2. The maximum Gasteiger partial charge on any atom is 0.241 e. The molecule has 1 aliphatic rings. The van der Waals surface area contributed by atoms with Gasteiger partial charge in [0.15, 0.2) is 0 Å². The van der Waals surface area contributed by atoms with E-state index >= 15 is 0 Å². The molecule has 2 rings (SSSR count). The molecule has 0 bridgehead atoms. The molecule has 0 heterocycles. The van der Waals surface area contributed by atoms with Gasteiger partial charge in [-0.1, -0.05) is 19.1 Å². The minimum atomic E-state index is -3.48. The van der Waals surface area contributed by atoms with Crippen LogP contribution in [0, 0.1) is 12.8 Å². The second kappa shape index (κ2) is 6.07. The Morgan fingerprint density at radius 3 is 2.52 bits per heavy atom. The molecule has 0 saturated heterocycles. The summed E-state index contributed by atoms with van der Waals surface area (Å²) in [5, 5.41) is 3.25. The maximum atomic E-state index is 12.7. The molecule has 2 N–H and O–H groups in total. The van der Waals surface area contributed by atoms with Crippen molar-refractivity contribution in [1.82, 2.24) is 10.0 Å². The average molecular weight is 310 g/mol. The van der Waals surface area contributed by atoms with Crippen molar-refractivity contribution in [1.29, 1.82) is 0 Å². The molecule has 4 nitrogen and oxygen atoms in total. The summed E-state index contributed by atoms with van der Waals surface area (Å²) in [5.74, 6) is 0.456. The van der Waals surface area contributed by atoms with E-state index < -0.39 is 10.0 Å². The molecule has 0 spiro atoms. The predicted octanol–water partition coefficient (Wildman–Crippen LogP) is 2.57. The lowest BCUT2D eigenvalue weighted by molar-refractivity contribution is 0.400. The molecule has 118 valence electrons. The molecule has 0 amide bonds. The number of benzene rings is 1. The topological polar surface area (TPSA) is 58.2 Å². The van der Waals surface area contributed by atoms with Crippen molar-refractivity contribution >= 4 is 10.0 Å². The van der Waals surface area contributed by atoms with Crippen molar-refractivity contribution in [3.8, 4) is 0 Å². The minimum absolute atomic E-state index is 0.372. The van der Waals surface area contributed by atoms with Crippen molar-refractivity contribution in [3.05, 3.63) is 29.3 Å². The van der Waals surface area contributed by atoms with Crippen LogP contribution in [0.4, 0.5) is 0 Å². The SMILES string of the molecule is CCNCc1cccc(S(=O)(=O)NC(C)(C)C2CC2)c1C. The number of hydrogen-bond acceptors (Lipinski definition) is 3. The highest BCUT2D eigenvalue weighted by Gasteiger charge is 2.40. The second-order valence-corrected chi connectivity index (χ2v) is 8.07. The fraction of sp³-hybridized carbons (Fsp3) is 0.625. The Balaban J connectivity index is 2.27. The molecule has 5 heteroatoms. The van der Waals surface area contributed by atoms with Gasteiger partial charge in [-0.15, -0.1) is 0 Å². The molecular formula is C16H26N2O2S. The van der Waals surface area contributed by atoms with Gasteiger partial charge in [0.2, 0.25) is 10.0 Å². The first kappa shape index (κ1) is 16.5. The summed E-state index contributed by atoms with van der Waals surface area (Å²) in [5.41, 5.74) is 1.49. The molecule has 0 atom stereocenters. The van der Waals surface area contributed by atoms with Gasteiger partial charge in [-0.05, 0) is 63.3 Å². The third kappa shape index (κ3) is 3.84. The van der Waals surface area contributed by atoms with Gasteiger partial charge in [-0.3, -0.25) is 0 Å². The highest BCUT2D eigenvalue weighted by Crippen LogP contribution is 2.40. The fourth-order valence-electron chi connectivity index (χ4n) is 2.69. The standard InChI is InChI=1S/C16H26N2O2S/c1-5-17-11-13-7-6-8-15(12(13)2)21(19,20)18-16(3,4)14-9-10-14/h6-8,14,17-18H,5,9-11H2,1-4H3. The first-order valence-electron chi connectivity index (χ1n) is 7.61. The Bertz CT molecular complexity index is 605. The molecule has 21 heavy (non-hydrogen) atoms. The van der Waals surface area contributed by atoms with Crippen LogP contribution in [0.3, 0.4) is 0 Å². The van der Waals surface area contributed by atoms with Crippen LogP contribution in [0.15, 0.2) is 23.1 Å². The van der Waals surface area contributed by atoms with Crippen LogP contribution in [-0.2, 0) is 16.6 Å². The highest BCUT2D eigenvalue weighted by molar-refractivity contribution is 7.89. The lowest BCUT2D eigenvalue weighted by Crippen LogP contribution is -2.45. The first-order valence-corrected chi connectivity index (χ1v) is 9.09. The summed E-state index contributed by atoms with van der Waals surface area (Å²) < 4.78 is 28.3. The minimum Gasteiger partial charge on any atom is -0.313 e. The van der Waals surface area contributed by atoms with Crippen molar-refractivity contribution in [3.63, 3.8) is 0 Å². The van der Waals surface area contributed by atoms with E-state index in [-0.39, 0.29) is 5.54 Å². The zero-order valence-electron chi connectivity index (χ0n) is 13.4. The van der Waals surface area contributed by atoms with Crippen LogP contribution < -0.4 is 10.0 Å². The van der Waals surface area contributed by atoms with Crippen molar-refractivity contribution in [2.75, 3.05) is 6.54 Å².